The number of carbonyl (C=O) groups is 3. The number of amides is 2. The molecule has 2 rings (SSSR count). The Hall–Kier alpha value is -1.96. The van der Waals surface area contributed by atoms with Crippen molar-refractivity contribution in [3.8, 4) is 0 Å². The Morgan fingerprint density at radius 3 is 2.89 bits per heavy atom. The van der Waals surface area contributed by atoms with Gasteiger partial charge in [0, 0.05) is 17.1 Å². The molecule has 3 N–H and O–H groups in total. The maximum atomic E-state index is 11.6. The predicted octanol–water partition coefficient (Wildman–Crippen LogP) is 0.759. The van der Waals surface area contributed by atoms with Crippen LogP contribution >= 0.6 is 15.9 Å². The van der Waals surface area contributed by atoms with Gasteiger partial charge < -0.3 is 10.4 Å². The molecular weight excluding hydrogens is 318 g/mol. The fourth-order valence-corrected chi connectivity index (χ4v) is 2.04. The van der Waals surface area contributed by atoms with E-state index in [1.54, 1.807) is 0 Å². The van der Waals surface area contributed by atoms with Crippen molar-refractivity contribution in [2.45, 2.75) is 18.9 Å². The van der Waals surface area contributed by atoms with E-state index in [2.05, 4.69) is 31.5 Å². The van der Waals surface area contributed by atoms with Crippen LogP contribution in [0.25, 0.3) is 0 Å². The van der Waals surface area contributed by atoms with E-state index in [4.69, 9.17) is 5.11 Å². The molecule has 0 saturated carbocycles. The average Bonchev–Trinajstić information content (AvgIpc) is 2.34. The molecule has 1 aliphatic rings. The first-order chi connectivity index (χ1) is 8.97. The molecule has 1 unspecified atom stereocenters. The van der Waals surface area contributed by atoms with Crippen LogP contribution in [0.2, 0.25) is 0 Å². The molecule has 100 valence electrons. The molecule has 2 amide bonds. The second-order valence-corrected chi connectivity index (χ2v) is 4.92. The zero-order valence-electron chi connectivity index (χ0n) is 9.64. The minimum Gasteiger partial charge on any atom is -0.478 e. The summed E-state index contributed by atoms with van der Waals surface area (Å²) in [6, 6.07) is 0.730. The highest BCUT2D eigenvalue weighted by atomic mass is 79.9. The van der Waals surface area contributed by atoms with Crippen LogP contribution in [0.4, 0.5) is 5.82 Å². The molecule has 0 spiro atoms. The van der Waals surface area contributed by atoms with Gasteiger partial charge in [0.25, 0.3) is 0 Å². The molecule has 1 aliphatic heterocycles. The van der Waals surface area contributed by atoms with Gasteiger partial charge in [-0.15, -0.1) is 0 Å². The Balaban J connectivity index is 2.21. The number of halogens is 1. The molecule has 19 heavy (non-hydrogen) atoms. The molecule has 1 aromatic rings. The Labute approximate surface area is 116 Å². The second kappa shape index (κ2) is 5.35. The topological polar surface area (TPSA) is 108 Å². The van der Waals surface area contributed by atoms with Crippen LogP contribution in [0.15, 0.2) is 16.7 Å². The molecule has 0 aliphatic carbocycles. The lowest BCUT2D eigenvalue weighted by atomic mass is 10.1. The van der Waals surface area contributed by atoms with Crippen LogP contribution < -0.4 is 10.6 Å². The standard InChI is InChI=1S/C11H10BrN3O4/c12-5-3-6(11(18)19)9(13-4-5)14-7-1-2-8(16)15-10(7)17/h3-4,7H,1-2H2,(H,13,14)(H,18,19)(H,15,16,17). The SMILES string of the molecule is O=C1CCC(Nc2ncc(Br)cc2C(=O)O)C(=O)N1. The van der Waals surface area contributed by atoms with E-state index >= 15 is 0 Å². The number of hydrogen-bond acceptors (Lipinski definition) is 5. The summed E-state index contributed by atoms with van der Waals surface area (Å²) in [5.74, 6) is -1.85. The maximum Gasteiger partial charge on any atom is 0.339 e. The third-order valence-corrected chi connectivity index (χ3v) is 3.07. The minimum absolute atomic E-state index is 0.0425. The quantitative estimate of drug-likeness (QED) is 0.707. The van der Waals surface area contributed by atoms with Crippen LogP contribution in [-0.4, -0.2) is 33.9 Å². The molecule has 2 heterocycles. The first-order valence-electron chi connectivity index (χ1n) is 5.46. The second-order valence-electron chi connectivity index (χ2n) is 4.00. The molecular formula is C11H10BrN3O4. The van der Waals surface area contributed by atoms with Crippen LogP contribution in [0.3, 0.4) is 0 Å². The van der Waals surface area contributed by atoms with Crippen molar-refractivity contribution >= 4 is 39.5 Å². The number of piperidine rings is 1. The van der Waals surface area contributed by atoms with Crippen LogP contribution in [-0.2, 0) is 9.59 Å². The maximum absolute atomic E-state index is 11.6. The molecule has 1 atom stereocenters. The van der Waals surface area contributed by atoms with Crippen molar-refractivity contribution in [1.82, 2.24) is 10.3 Å². The molecule has 0 radical (unpaired) electrons. The number of carbonyl (C=O) groups excluding carboxylic acids is 2. The highest BCUT2D eigenvalue weighted by Gasteiger charge is 2.27. The largest absolute Gasteiger partial charge is 0.478 e. The zero-order valence-corrected chi connectivity index (χ0v) is 11.2. The van der Waals surface area contributed by atoms with Crippen molar-refractivity contribution in [3.05, 3.63) is 22.3 Å². The Bertz CT molecular complexity index is 561. The van der Waals surface area contributed by atoms with Crippen molar-refractivity contribution in [3.63, 3.8) is 0 Å². The van der Waals surface area contributed by atoms with E-state index in [9.17, 15) is 14.4 Å². The summed E-state index contributed by atoms with van der Waals surface area (Å²) in [6.07, 6.45) is 1.95. The minimum atomic E-state index is -1.15. The van der Waals surface area contributed by atoms with Crippen molar-refractivity contribution in [2.75, 3.05) is 5.32 Å². The van der Waals surface area contributed by atoms with Crippen LogP contribution in [0.1, 0.15) is 23.2 Å². The van der Waals surface area contributed by atoms with E-state index < -0.39 is 17.9 Å². The van der Waals surface area contributed by atoms with Gasteiger partial charge in [0.15, 0.2) is 0 Å². The Kier molecular flexibility index (Phi) is 3.79. The number of aromatic nitrogens is 1. The average molecular weight is 328 g/mol. The highest BCUT2D eigenvalue weighted by molar-refractivity contribution is 9.10. The molecule has 1 fully saturated rings. The lowest BCUT2D eigenvalue weighted by Gasteiger charge is -2.22. The molecule has 0 bridgehead atoms. The fourth-order valence-electron chi connectivity index (χ4n) is 1.71. The van der Waals surface area contributed by atoms with Crippen LogP contribution in [0.5, 0.6) is 0 Å². The van der Waals surface area contributed by atoms with Crippen molar-refractivity contribution in [1.29, 1.82) is 0 Å². The number of carboxylic acids is 1. The van der Waals surface area contributed by atoms with Crippen molar-refractivity contribution < 1.29 is 19.5 Å². The molecule has 0 aromatic carbocycles. The highest BCUT2D eigenvalue weighted by Crippen LogP contribution is 2.20. The molecule has 1 saturated heterocycles. The van der Waals surface area contributed by atoms with Gasteiger partial charge in [-0.1, -0.05) is 0 Å². The van der Waals surface area contributed by atoms with Gasteiger partial charge >= 0.3 is 5.97 Å². The summed E-state index contributed by atoms with van der Waals surface area (Å²) in [4.78, 5) is 37.6. The number of hydrogen-bond donors (Lipinski definition) is 3. The van der Waals surface area contributed by atoms with Gasteiger partial charge in [0.2, 0.25) is 11.8 Å². The number of carboxylic acid groups (broad SMARTS) is 1. The summed E-state index contributed by atoms with van der Waals surface area (Å²) in [5.41, 5.74) is -0.0425. The first-order valence-corrected chi connectivity index (χ1v) is 6.25. The third kappa shape index (κ3) is 3.08. The number of nitrogens with zero attached hydrogens (tertiary/aromatic N) is 1. The first kappa shape index (κ1) is 13.5. The number of rotatable bonds is 3. The van der Waals surface area contributed by atoms with Gasteiger partial charge in [-0.25, -0.2) is 9.78 Å². The molecule has 7 nitrogen and oxygen atoms in total. The monoisotopic (exact) mass is 327 g/mol. The van der Waals surface area contributed by atoms with E-state index in [0.29, 0.717) is 10.9 Å². The predicted molar refractivity (Wildman–Crippen MR) is 68.7 cm³/mol. The number of imide groups is 1. The Morgan fingerprint density at radius 1 is 1.53 bits per heavy atom. The molecule has 8 heteroatoms. The van der Waals surface area contributed by atoms with E-state index in [1.807, 2.05) is 0 Å². The van der Waals surface area contributed by atoms with E-state index in [0.717, 1.165) is 0 Å². The van der Waals surface area contributed by atoms with Gasteiger partial charge in [0.05, 0.1) is 0 Å². The lowest BCUT2D eigenvalue weighted by molar-refractivity contribution is -0.133. The van der Waals surface area contributed by atoms with Gasteiger partial charge in [-0.05, 0) is 28.4 Å². The summed E-state index contributed by atoms with van der Waals surface area (Å²) >= 11 is 3.13. The third-order valence-electron chi connectivity index (χ3n) is 2.63. The number of aromatic carboxylic acids is 1. The summed E-state index contributed by atoms with van der Waals surface area (Å²) in [6.45, 7) is 0. The number of anilines is 1. The van der Waals surface area contributed by atoms with Crippen molar-refractivity contribution in [2.24, 2.45) is 0 Å². The van der Waals surface area contributed by atoms with Gasteiger partial charge in [-0.3, -0.25) is 14.9 Å². The van der Waals surface area contributed by atoms with Gasteiger partial charge in [-0.2, -0.15) is 0 Å². The Morgan fingerprint density at radius 2 is 2.26 bits per heavy atom. The smallest absolute Gasteiger partial charge is 0.339 e. The zero-order chi connectivity index (χ0) is 14.0. The number of pyridine rings is 1. The summed E-state index contributed by atoms with van der Waals surface area (Å²) in [5, 5.41) is 14.0. The van der Waals surface area contributed by atoms with E-state index in [-0.39, 0.29) is 23.7 Å². The van der Waals surface area contributed by atoms with Gasteiger partial charge in [0.1, 0.15) is 17.4 Å². The van der Waals surface area contributed by atoms with Crippen LogP contribution in [0, 0.1) is 0 Å². The van der Waals surface area contributed by atoms with E-state index in [1.165, 1.54) is 12.3 Å². The molecule has 1 aromatic heterocycles. The fraction of sp³-hybridized carbons (Fsp3) is 0.273. The lowest BCUT2D eigenvalue weighted by Crippen LogP contribution is -2.47. The number of nitrogens with one attached hydrogen (secondary N) is 2. The summed E-state index contributed by atoms with van der Waals surface area (Å²) in [7, 11) is 0. The normalized spacial score (nSPS) is 18.9. The summed E-state index contributed by atoms with van der Waals surface area (Å²) < 4.78 is 0.527.